The molecule has 0 fully saturated rings. The Balaban J connectivity index is 1.90. The van der Waals surface area contributed by atoms with Crippen LogP contribution in [0.5, 0.6) is 11.5 Å². The zero-order chi connectivity index (χ0) is 17.2. The lowest BCUT2D eigenvalue weighted by Gasteiger charge is -2.23. The zero-order valence-electron chi connectivity index (χ0n) is 13.7. The zero-order valence-corrected chi connectivity index (χ0v) is 15.3. The fraction of sp³-hybridized carbons (Fsp3) is 0.412. The van der Waals surface area contributed by atoms with Crippen molar-refractivity contribution in [3.8, 4) is 11.5 Å². The van der Waals surface area contributed by atoms with Crippen LogP contribution < -0.4 is 14.2 Å². The maximum Gasteiger partial charge on any atom is 0.250 e. The largest absolute Gasteiger partial charge is 0.490 e. The third-order valence-corrected chi connectivity index (χ3v) is 6.68. The van der Waals surface area contributed by atoms with E-state index < -0.39 is 10.0 Å². The first-order chi connectivity index (χ1) is 11.5. The van der Waals surface area contributed by atoms with Crippen molar-refractivity contribution in [3.05, 3.63) is 41.3 Å². The molecule has 130 valence electrons. The number of ether oxygens (including phenoxy) is 2. The second-order valence-corrected chi connectivity index (χ2v) is 8.92. The SMILES string of the molecule is CC(C)C(NS(=O)(=O)c1cccs1)c1ccc2c(c1)OCCCO2. The lowest BCUT2D eigenvalue weighted by atomic mass is 9.97. The van der Waals surface area contributed by atoms with Crippen LogP contribution >= 0.6 is 11.3 Å². The van der Waals surface area contributed by atoms with Gasteiger partial charge in [0.1, 0.15) is 4.21 Å². The molecule has 5 nitrogen and oxygen atoms in total. The van der Waals surface area contributed by atoms with Gasteiger partial charge in [-0.1, -0.05) is 26.0 Å². The van der Waals surface area contributed by atoms with Crippen molar-refractivity contribution in [2.75, 3.05) is 13.2 Å². The highest BCUT2D eigenvalue weighted by atomic mass is 32.2. The van der Waals surface area contributed by atoms with Crippen molar-refractivity contribution >= 4 is 21.4 Å². The number of rotatable bonds is 5. The maximum atomic E-state index is 12.6. The Morgan fingerprint density at radius 1 is 1.12 bits per heavy atom. The molecule has 0 saturated heterocycles. The Kier molecular flexibility index (Phi) is 5.12. The van der Waals surface area contributed by atoms with Crippen LogP contribution in [-0.4, -0.2) is 21.6 Å². The molecule has 2 aromatic rings. The van der Waals surface area contributed by atoms with E-state index in [1.54, 1.807) is 17.5 Å². The summed E-state index contributed by atoms with van der Waals surface area (Å²) in [5, 5.41) is 1.76. The molecular formula is C17H21NO4S2. The van der Waals surface area contributed by atoms with Gasteiger partial charge in [0.25, 0.3) is 10.0 Å². The molecule has 0 spiro atoms. The third kappa shape index (κ3) is 3.74. The van der Waals surface area contributed by atoms with E-state index in [4.69, 9.17) is 9.47 Å². The Bertz CT molecular complexity index is 785. The summed E-state index contributed by atoms with van der Waals surface area (Å²) >= 11 is 1.21. The smallest absolute Gasteiger partial charge is 0.250 e. The monoisotopic (exact) mass is 367 g/mol. The minimum atomic E-state index is -3.54. The predicted molar refractivity (Wildman–Crippen MR) is 94.3 cm³/mol. The van der Waals surface area contributed by atoms with E-state index in [2.05, 4.69) is 4.72 Å². The van der Waals surface area contributed by atoms with E-state index >= 15 is 0 Å². The molecule has 7 heteroatoms. The molecule has 1 aliphatic rings. The first-order valence-corrected chi connectivity index (χ1v) is 10.3. The van der Waals surface area contributed by atoms with Gasteiger partial charge in [0.2, 0.25) is 0 Å². The number of benzene rings is 1. The molecule has 0 aliphatic carbocycles. The number of sulfonamides is 1. The van der Waals surface area contributed by atoms with Crippen LogP contribution in [0.4, 0.5) is 0 Å². The quantitative estimate of drug-likeness (QED) is 0.877. The second-order valence-electron chi connectivity index (χ2n) is 6.03. The van der Waals surface area contributed by atoms with Gasteiger partial charge in [-0.3, -0.25) is 0 Å². The molecule has 0 saturated carbocycles. The Morgan fingerprint density at radius 2 is 1.88 bits per heavy atom. The number of hydrogen-bond acceptors (Lipinski definition) is 5. The summed E-state index contributed by atoms with van der Waals surface area (Å²) in [4.78, 5) is 0. The van der Waals surface area contributed by atoms with Gasteiger partial charge in [-0.2, -0.15) is 0 Å². The average molecular weight is 367 g/mol. The molecule has 0 bridgehead atoms. The van der Waals surface area contributed by atoms with Crippen LogP contribution in [0.2, 0.25) is 0 Å². The Hall–Kier alpha value is -1.57. The van der Waals surface area contributed by atoms with Crippen molar-refractivity contribution in [2.45, 2.75) is 30.5 Å². The van der Waals surface area contributed by atoms with Crippen LogP contribution in [-0.2, 0) is 10.0 Å². The van der Waals surface area contributed by atoms with Gasteiger partial charge in [-0.25, -0.2) is 13.1 Å². The Morgan fingerprint density at radius 3 is 2.54 bits per heavy atom. The molecule has 1 aromatic carbocycles. The molecule has 1 N–H and O–H groups in total. The van der Waals surface area contributed by atoms with Crippen LogP contribution in [0.25, 0.3) is 0 Å². The first-order valence-electron chi connectivity index (χ1n) is 7.93. The van der Waals surface area contributed by atoms with E-state index in [0.717, 1.165) is 12.0 Å². The molecule has 0 radical (unpaired) electrons. The highest BCUT2D eigenvalue weighted by Gasteiger charge is 2.25. The van der Waals surface area contributed by atoms with Crippen molar-refractivity contribution < 1.29 is 17.9 Å². The third-order valence-electron chi connectivity index (χ3n) is 3.84. The number of thiophene rings is 1. The molecular weight excluding hydrogens is 346 g/mol. The van der Waals surface area contributed by atoms with Gasteiger partial charge in [0.15, 0.2) is 11.5 Å². The summed E-state index contributed by atoms with van der Waals surface area (Å²) < 4.78 is 39.6. The summed E-state index contributed by atoms with van der Waals surface area (Å²) in [7, 11) is -3.54. The van der Waals surface area contributed by atoms with Crippen LogP contribution in [0.3, 0.4) is 0 Å². The van der Waals surface area contributed by atoms with E-state index in [0.29, 0.717) is 28.9 Å². The lowest BCUT2D eigenvalue weighted by molar-refractivity contribution is 0.297. The Labute approximate surface area is 146 Å². The van der Waals surface area contributed by atoms with Gasteiger partial charge in [0.05, 0.1) is 13.2 Å². The topological polar surface area (TPSA) is 64.6 Å². The van der Waals surface area contributed by atoms with Crippen molar-refractivity contribution in [3.63, 3.8) is 0 Å². The van der Waals surface area contributed by atoms with E-state index in [-0.39, 0.29) is 12.0 Å². The molecule has 1 unspecified atom stereocenters. The summed E-state index contributed by atoms with van der Waals surface area (Å²) in [6.45, 7) is 5.21. The van der Waals surface area contributed by atoms with E-state index in [1.807, 2.05) is 32.0 Å². The van der Waals surface area contributed by atoms with Crippen LogP contribution in [0, 0.1) is 5.92 Å². The van der Waals surface area contributed by atoms with Crippen molar-refractivity contribution in [1.29, 1.82) is 0 Å². The highest BCUT2D eigenvalue weighted by Crippen LogP contribution is 2.34. The van der Waals surface area contributed by atoms with Crippen molar-refractivity contribution in [2.24, 2.45) is 5.92 Å². The van der Waals surface area contributed by atoms with Gasteiger partial charge in [-0.05, 0) is 35.1 Å². The summed E-state index contributed by atoms with van der Waals surface area (Å²) in [5.74, 6) is 1.47. The van der Waals surface area contributed by atoms with Crippen LogP contribution in [0.15, 0.2) is 39.9 Å². The molecule has 1 aromatic heterocycles. The normalized spacial score (nSPS) is 16.0. The number of fused-ring (bicyclic) bond motifs is 1. The van der Waals surface area contributed by atoms with Crippen LogP contribution in [0.1, 0.15) is 31.9 Å². The molecule has 0 amide bonds. The average Bonchev–Trinajstić information content (AvgIpc) is 2.99. The van der Waals surface area contributed by atoms with Gasteiger partial charge < -0.3 is 9.47 Å². The second kappa shape index (κ2) is 7.13. The standard InChI is InChI=1S/C17H21NO4S2/c1-12(2)17(18-24(19,20)16-5-3-10-23-16)13-6-7-14-15(11-13)22-9-4-8-21-14/h3,5-7,10-12,17-18H,4,8-9H2,1-2H3. The van der Waals surface area contributed by atoms with Gasteiger partial charge in [-0.15, -0.1) is 11.3 Å². The van der Waals surface area contributed by atoms with Gasteiger partial charge >= 0.3 is 0 Å². The molecule has 2 heterocycles. The highest BCUT2D eigenvalue weighted by molar-refractivity contribution is 7.91. The molecule has 3 rings (SSSR count). The molecule has 24 heavy (non-hydrogen) atoms. The fourth-order valence-corrected chi connectivity index (χ4v) is 4.99. The first kappa shape index (κ1) is 17.3. The summed E-state index contributed by atoms with van der Waals surface area (Å²) in [6, 6.07) is 8.63. The summed E-state index contributed by atoms with van der Waals surface area (Å²) in [6.07, 6.45) is 0.836. The predicted octanol–water partition coefficient (Wildman–Crippen LogP) is 3.59. The molecule has 1 aliphatic heterocycles. The lowest BCUT2D eigenvalue weighted by Crippen LogP contribution is -2.31. The summed E-state index contributed by atoms with van der Waals surface area (Å²) in [5.41, 5.74) is 0.870. The van der Waals surface area contributed by atoms with Crippen molar-refractivity contribution in [1.82, 2.24) is 4.72 Å². The fourth-order valence-electron chi connectivity index (χ4n) is 2.60. The minimum absolute atomic E-state index is 0.0875. The number of hydrogen-bond donors (Lipinski definition) is 1. The van der Waals surface area contributed by atoms with E-state index in [9.17, 15) is 8.42 Å². The van der Waals surface area contributed by atoms with E-state index in [1.165, 1.54) is 11.3 Å². The maximum absolute atomic E-state index is 12.6. The van der Waals surface area contributed by atoms with Gasteiger partial charge in [0, 0.05) is 12.5 Å². The number of nitrogens with one attached hydrogen (secondary N) is 1. The minimum Gasteiger partial charge on any atom is -0.490 e. The molecule has 1 atom stereocenters.